The Kier molecular flexibility index (Phi) is 3.76. The zero-order valence-electron chi connectivity index (χ0n) is 17.1. The van der Waals surface area contributed by atoms with Gasteiger partial charge in [-0.3, -0.25) is 19.3 Å². The molecule has 6 nitrogen and oxygen atoms in total. The van der Waals surface area contributed by atoms with Crippen LogP contribution >= 0.6 is 0 Å². The minimum atomic E-state index is -1.22. The predicted molar refractivity (Wildman–Crippen MR) is 112 cm³/mol. The summed E-state index contributed by atoms with van der Waals surface area (Å²) in [4.78, 5) is 44.1. The van der Waals surface area contributed by atoms with E-state index in [0.29, 0.717) is 6.54 Å². The second-order valence-electron chi connectivity index (χ2n) is 8.78. The minimum absolute atomic E-state index is 0.0347. The first-order valence-corrected chi connectivity index (χ1v) is 10.8. The Labute approximate surface area is 179 Å². The van der Waals surface area contributed by atoms with Crippen molar-refractivity contribution in [3.05, 3.63) is 59.4 Å². The van der Waals surface area contributed by atoms with Gasteiger partial charge in [-0.05, 0) is 43.5 Å². The van der Waals surface area contributed by atoms with Crippen molar-refractivity contribution >= 4 is 29.1 Å². The number of amides is 3. The molecule has 31 heavy (non-hydrogen) atoms. The van der Waals surface area contributed by atoms with Crippen molar-refractivity contribution in [2.24, 2.45) is 11.8 Å². The van der Waals surface area contributed by atoms with Gasteiger partial charge in [-0.2, -0.15) is 0 Å². The first kappa shape index (κ1) is 18.7. The van der Waals surface area contributed by atoms with Gasteiger partial charge < -0.3 is 5.32 Å². The van der Waals surface area contributed by atoms with Gasteiger partial charge in [0.2, 0.25) is 17.7 Å². The average molecular weight is 419 g/mol. The van der Waals surface area contributed by atoms with E-state index in [1.165, 1.54) is 18.2 Å². The highest BCUT2D eigenvalue weighted by Gasteiger charge is 2.74. The quantitative estimate of drug-likeness (QED) is 0.760. The molecule has 6 rings (SSSR count). The number of halogens is 1. The summed E-state index contributed by atoms with van der Waals surface area (Å²) in [6.45, 7) is 2.67. The van der Waals surface area contributed by atoms with Gasteiger partial charge in [0, 0.05) is 17.3 Å². The number of carbonyl (C=O) groups is 3. The van der Waals surface area contributed by atoms with Crippen LogP contribution in [-0.2, 0) is 26.3 Å². The third-order valence-electron chi connectivity index (χ3n) is 7.59. The van der Waals surface area contributed by atoms with Crippen LogP contribution in [0.15, 0.2) is 42.5 Å². The van der Waals surface area contributed by atoms with Gasteiger partial charge in [0.15, 0.2) is 0 Å². The van der Waals surface area contributed by atoms with Crippen molar-refractivity contribution in [3.8, 4) is 0 Å². The molecular weight excluding hydrogens is 397 g/mol. The monoisotopic (exact) mass is 419 g/mol. The number of para-hydroxylation sites is 2. The van der Waals surface area contributed by atoms with Gasteiger partial charge in [0.05, 0.1) is 17.5 Å². The number of nitrogens with zero attached hydrogens (tertiary/aromatic N) is 2. The largest absolute Gasteiger partial charge is 0.324 e. The van der Waals surface area contributed by atoms with Crippen LogP contribution < -0.4 is 10.2 Å². The number of imide groups is 1. The van der Waals surface area contributed by atoms with Crippen molar-refractivity contribution in [3.63, 3.8) is 0 Å². The highest BCUT2D eigenvalue weighted by atomic mass is 19.1. The molecule has 0 saturated carbocycles. The Balaban J connectivity index is 1.58. The lowest BCUT2D eigenvalue weighted by molar-refractivity contribution is -0.135. The Morgan fingerprint density at radius 1 is 1.10 bits per heavy atom. The fourth-order valence-corrected chi connectivity index (χ4v) is 6.46. The number of benzene rings is 2. The third kappa shape index (κ3) is 2.07. The van der Waals surface area contributed by atoms with E-state index in [1.807, 2.05) is 25.1 Å². The molecule has 0 radical (unpaired) electrons. The highest BCUT2D eigenvalue weighted by Crippen LogP contribution is 2.61. The second-order valence-corrected chi connectivity index (χ2v) is 8.78. The summed E-state index contributed by atoms with van der Waals surface area (Å²) >= 11 is 0. The smallest absolute Gasteiger partial charge is 0.250 e. The molecule has 2 aromatic rings. The Bertz CT molecular complexity index is 1160. The van der Waals surface area contributed by atoms with Crippen LogP contribution in [0.5, 0.6) is 0 Å². The lowest BCUT2D eigenvalue weighted by atomic mass is 9.75. The van der Waals surface area contributed by atoms with Gasteiger partial charge in [-0.15, -0.1) is 0 Å². The van der Waals surface area contributed by atoms with Gasteiger partial charge in [-0.25, -0.2) is 9.29 Å². The van der Waals surface area contributed by atoms with Gasteiger partial charge in [0.25, 0.3) is 0 Å². The van der Waals surface area contributed by atoms with E-state index in [1.54, 1.807) is 6.07 Å². The molecule has 3 fully saturated rings. The second kappa shape index (κ2) is 6.23. The van der Waals surface area contributed by atoms with Crippen LogP contribution in [0, 0.1) is 17.7 Å². The molecule has 7 heteroatoms. The molecule has 4 heterocycles. The van der Waals surface area contributed by atoms with Gasteiger partial charge in [-0.1, -0.05) is 37.3 Å². The van der Waals surface area contributed by atoms with Crippen molar-refractivity contribution in [1.82, 2.24) is 4.90 Å². The van der Waals surface area contributed by atoms with Crippen molar-refractivity contribution in [1.29, 1.82) is 0 Å². The number of aryl methyl sites for hydroxylation is 1. The molecular formula is C24H22FN3O3. The van der Waals surface area contributed by atoms with E-state index in [2.05, 4.69) is 10.2 Å². The van der Waals surface area contributed by atoms with Crippen LogP contribution in [0.25, 0.3) is 0 Å². The van der Waals surface area contributed by atoms with Gasteiger partial charge >= 0.3 is 0 Å². The summed E-state index contributed by atoms with van der Waals surface area (Å²) in [5.41, 5.74) is 1.27. The number of anilines is 2. The maximum absolute atomic E-state index is 14.6. The molecule has 0 aliphatic carbocycles. The predicted octanol–water partition coefficient (Wildman–Crippen LogP) is 2.82. The maximum atomic E-state index is 14.6. The first-order chi connectivity index (χ1) is 15.0. The summed E-state index contributed by atoms with van der Waals surface area (Å²) in [7, 11) is 0. The zero-order valence-corrected chi connectivity index (χ0v) is 17.1. The fourth-order valence-electron chi connectivity index (χ4n) is 6.46. The number of hydrogen-bond acceptors (Lipinski definition) is 4. The molecule has 0 unspecified atom stereocenters. The standard InChI is InChI=1S/C24H22FN3O3/c1-2-13-7-5-8-14-20(13)26-23(31)24(14)19-18(17-11-6-12-27(17)24)21(29)28(22(19)30)16-10-4-3-9-15(16)25/h3-5,7-10,17-19H,2,6,11-12H2,1H3,(H,26,31)/t17-,18+,19-,24+/m0/s1. The molecule has 3 saturated heterocycles. The van der Waals surface area contributed by atoms with Crippen molar-refractivity contribution < 1.29 is 18.8 Å². The lowest BCUT2D eigenvalue weighted by Gasteiger charge is -2.36. The summed E-state index contributed by atoms with van der Waals surface area (Å²) in [6.07, 6.45) is 2.33. The summed E-state index contributed by atoms with van der Waals surface area (Å²) < 4.78 is 14.6. The molecule has 158 valence electrons. The normalized spacial score (nSPS) is 31.4. The van der Waals surface area contributed by atoms with E-state index in [9.17, 15) is 18.8 Å². The van der Waals surface area contributed by atoms with E-state index in [0.717, 1.165) is 41.0 Å². The summed E-state index contributed by atoms with van der Waals surface area (Å²) in [6, 6.07) is 11.4. The van der Waals surface area contributed by atoms with Crippen molar-refractivity contribution in [2.75, 3.05) is 16.8 Å². The zero-order chi connectivity index (χ0) is 21.5. The first-order valence-electron chi connectivity index (χ1n) is 10.8. The van der Waals surface area contributed by atoms with E-state index >= 15 is 0 Å². The lowest BCUT2D eigenvalue weighted by Crippen LogP contribution is -2.54. The number of fused-ring (bicyclic) bond motifs is 7. The molecule has 4 aliphatic heterocycles. The number of carbonyl (C=O) groups excluding carboxylic acids is 3. The molecule has 1 spiro atoms. The fraction of sp³-hybridized carbons (Fsp3) is 0.375. The molecule has 0 aromatic heterocycles. The minimum Gasteiger partial charge on any atom is -0.324 e. The molecule has 4 atom stereocenters. The summed E-state index contributed by atoms with van der Waals surface area (Å²) in [5.74, 6) is -3.28. The topological polar surface area (TPSA) is 69.7 Å². The molecule has 3 amide bonds. The maximum Gasteiger partial charge on any atom is 0.250 e. The SMILES string of the molecule is CCc1cccc2c1NC(=O)[C@]21[C@@H]2C(=O)N(c3ccccc3F)C(=O)[C@@H]2[C@@H]2CCCN21. The van der Waals surface area contributed by atoms with Crippen LogP contribution in [0.3, 0.4) is 0 Å². The molecule has 2 aromatic carbocycles. The van der Waals surface area contributed by atoms with Crippen LogP contribution in [0.2, 0.25) is 0 Å². The third-order valence-corrected chi connectivity index (χ3v) is 7.59. The number of nitrogens with one attached hydrogen (secondary N) is 1. The van der Waals surface area contributed by atoms with E-state index in [4.69, 9.17) is 0 Å². The van der Waals surface area contributed by atoms with Crippen LogP contribution in [0.1, 0.15) is 30.9 Å². The number of rotatable bonds is 2. The van der Waals surface area contributed by atoms with Crippen molar-refractivity contribution in [2.45, 2.75) is 37.8 Å². The Hall–Kier alpha value is -3.06. The van der Waals surface area contributed by atoms with E-state index < -0.39 is 35.0 Å². The average Bonchev–Trinajstić information content (AvgIpc) is 3.47. The van der Waals surface area contributed by atoms with Gasteiger partial charge in [0.1, 0.15) is 11.4 Å². The highest BCUT2D eigenvalue weighted by molar-refractivity contribution is 6.26. The molecule has 1 N–H and O–H groups in total. The van der Waals surface area contributed by atoms with Crippen LogP contribution in [0.4, 0.5) is 15.8 Å². The van der Waals surface area contributed by atoms with Crippen LogP contribution in [-0.4, -0.2) is 35.2 Å². The van der Waals surface area contributed by atoms with E-state index in [-0.39, 0.29) is 17.6 Å². The Morgan fingerprint density at radius 2 is 1.90 bits per heavy atom. The molecule has 4 aliphatic rings. The summed E-state index contributed by atoms with van der Waals surface area (Å²) in [5, 5.41) is 3.04. The number of hydrogen-bond donors (Lipinski definition) is 1. The molecule has 0 bridgehead atoms. The Morgan fingerprint density at radius 3 is 2.68 bits per heavy atom.